The molecule has 0 amide bonds. The Balaban J connectivity index is 1.77. The lowest BCUT2D eigenvalue weighted by Crippen LogP contribution is -2.44. The summed E-state index contributed by atoms with van der Waals surface area (Å²) in [5.41, 5.74) is 6.46. The van der Waals surface area contributed by atoms with Gasteiger partial charge in [-0.25, -0.2) is 0 Å². The van der Waals surface area contributed by atoms with E-state index >= 15 is 0 Å². The first kappa shape index (κ1) is 13.4. The second-order valence-corrected chi connectivity index (χ2v) is 6.62. The van der Waals surface area contributed by atoms with E-state index in [0.29, 0.717) is 5.41 Å². The van der Waals surface area contributed by atoms with Crippen LogP contribution < -0.4 is 5.73 Å². The third-order valence-electron chi connectivity index (χ3n) is 5.47. The van der Waals surface area contributed by atoms with Gasteiger partial charge in [0.1, 0.15) is 0 Å². The van der Waals surface area contributed by atoms with Gasteiger partial charge in [-0.3, -0.25) is 0 Å². The van der Waals surface area contributed by atoms with Crippen LogP contribution in [0.3, 0.4) is 0 Å². The van der Waals surface area contributed by atoms with E-state index in [1.54, 1.807) is 0 Å². The fourth-order valence-electron chi connectivity index (χ4n) is 3.76. The monoisotopic (exact) mass is 238 g/mol. The molecule has 0 aromatic carbocycles. The van der Waals surface area contributed by atoms with E-state index in [4.69, 9.17) is 5.73 Å². The number of nitrogens with two attached hydrogens (primary N) is 1. The van der Waals surface area contributed by atoms with Gasteiger partial charge in [0.05, 0.1) is 0 Å². The van der Waals surface area contributed by atoms with Gasteiger partial charge in [-0.05, 0) is 63.6 Å². The Labute approximate surface area is 107 Å². The summed E-state index contributed by atoms with van der Waals surface area (Å²) < 4.78 is 0. The molecule has 2 nitrogen and oxygen atoms in total. The zero-order chi connectivity index (χ0) is 12.3. The van der Waals surface area contributed by atoms with E-state index in [1.165, 1.54) is 57.9 Å². The van der Waals surface area contributed by atoms with Crippen LogP contribution in [-0.2, 0) is 0 Å². The zero-order valence-electron chi connectivity index (χ0n) is 11.8. The largest absolute Gasteiger partial charge is 0.330 e. The van der Waals surface area contributed by atoms with Crippen molar-refractivity contribution in [3.05, 3.63) is 0 Å². The van der Waals surface area contributed by atoms with Crippen molar-refractivity contribution in [3.8, 4) is 0 Å². The molecule has 0 heterocycles. The molecule has 2 N–H and O–H groups in total. The quantitative estimate of drug-likeness (QED) is 0.798. The standard InChI is InChI=1S/C15H30N2/c1-13-6-3-4-7-14(13)17(2)11-10-15(12-16)8-5-9-15/h13-14H,3-12,16H2,1-2H3. The molecule has 0 radical (unpaired) electrons. The number of hydrogen-bond donors (Lipinski definition) is 1. The molecule has 100 valence electrons. The summed E-state index contributed by atoms with van der Waals surface area (Å²) in [7, 11) is 2.33. The number of hydrogen-bond acceptors (Lipinski definition) is 2. The van der Waals surface area contributed by atoms with Crippen molar-refractivity contribution >= 4 is 0 Å². The van der Waals surface area contributed by atoms with Crippen molar-refractivity contribution in [3.63, 3.8) is 0 Å². The topological polar surface area (TPSA) is 29.3 Å². The average molecular weight is 238 g/mol. The van der Waals surface area contributed by atoms with Crippen LogP contribution in [0.4, 0.5) is 0 Å². The molecule has 0 aliphatic heterocycles. The highest BCUT2D eigenvalue weighted by Crippen LogP contribution is 2.43. The average Bonchev–Trinajstić information content (AvgIpc) is 2.28. The van der Waals surface area contributed by atoms with E-state index in [9.17, 15) is 0 Å². The van der Waals surface area contributed by atoms with E-state index in [0.717, 1.165) is 18.5 Å². The molecule has 2 fully saturated rings. The van der Waals surface area contributed by atoms with Gasteiger partial charge in [-0.1, -0.05) is 26.2 Å². The van der Waals surface area contributed by atoms with E-state index in [2.05, 4.69) is 18.9 Å². The Kier molecular flexibility index (Phi) is 4.48. The van der Waals surface area contributed by atoms with Crippen molar-refractivity contribution in [1.82, 2.24) is 4.90 Å². The summed E-state index contributed by atoms with van der Waals surface area (Å²) in [6.45, 7) is 4.59. The molecule has 2 heteroatoms. The maximum atomic E-state index is 5.94. The molecule has 17 heavy (non-hydrogen) atoms. The molecule has 2 saturated carbocycles. The molecular weight excluding hydrogens is 208 g/mol. The first-order valence-corrected chi connectivity index (χ1v) is 7.57. The minimum atomic E-state index is 0.520. The van der Waals surface area contributed by atoms with Crippen molar-refractivity contribution in [1.29, 1.82) is 0 Å². The van der Waals surface area contributed by atoms with Gasteiger partial charge < -0.3 is 10.6 Å². The van der Waals surface area contributed by atoms with Crippen LogP contribution in [-0.4, -0.2) is 31.1 Å². The maximum absolute atomic E-state index is 5.94. The van der Waals surface area contributed by atoms with Crippen LogP contribution in [0.1, 0.15) is 58.3 Å². The van der Waals surface area contributed by atoms with Crippen LogP contribution in [0.25, 0.3) is 0 Å². The zero-order valence-corrected chi connectivity index (χ0v) is 11.8. The Hall–Kier alpha value is -0.0800. The minimum absolute atomic E-state index is 0.520. The van der Waals surface area contributed by atoms with Gasteiger partial charge >= 0.3 is 0 Å². The molecule has 2 rings (SSSR count). The minimum Gasteiger partial charge on any atom is -0.330 e. The first-order valence-electron chi connectivity index (χ1n) is 7.57. The predicted octanol–water partition coefficient (Wildman–Crippen LogP) is 3.02. The molecule has 0 aromatic heterocycles. The second kappa shape index (κ2) is 5.71. The SMILES string of the molecule is CC1CCCCC1N(C)CCC1(CN)CCC1. The van der Waals surface area contributed by atoms with E-state index < -0.39 is 0 Å². The summed E-state index contributed by atoms with van der Waals surface area (Å²) in [6.07, 6.45) is 11.2. The van der Waals surface area contributed by atoms with Crippen molar-refractivity contribution in [2.45, 2.75) is 64.3 Å². The van der Waals surface area contributed by atoms with Gasteiger partial charge in [-0.15, -0.1) is 0 Å². The molecular formula is C15H30N2. The highest BCUT2D eigenvalue weighted by molar-refractivity contribution is 4.90. The Morgan fingerprint density at radius 3 is 2.41 bits per heavy atom. The Morgan fingerprint density at radius 2 is 1.88 bits per heavy atom. The van der Waals surface area contributed by atoms with Gasteiger partial charge in [0, 0.05) is 6.04 Å². The lowest BCUT2D eigenvalue weighted by molar-refractivity contribution is 0.0795. The van der Waals surface area contributed by atoms with E-state index in [1.807, 2.05) is 0 Å². The lowest BCUT2D eigenvalue weighted by Gasteiger charge is -2.44. The Bertz CT molecular complexity index is 230. The fraction of sp³-hybridized carbons (Fsp3) is 1.00. The third-order valence-corrected chi connectivity index (χ3v) is 5.47. The summed E-state index contributed by atoms with van der Waals surface area (Å²) in [5.74, 6) is 0.893. The second-order valence-electron chi connectivity index (χ2n) is 6.62. The molecule has 2 unspecified atom stereocenters. The van der Waals surface area contributed by atoms with Gasteiger partial charge in [0.2, 0.25) is 0 Å². The normalized spacial score (nSPS) is 32.5. The van der Waals surface area contributed by atoms with Crippen molar-refractivity contribution < 1.29 is 0 Å². The fourth-order valence-corrected chi connectivity index (χ4v) is 3.76. The molecule has 2 aliphatic rings. The van der Waals surface area contributed by atoms with Crippen LogP contribution in [0.15, 0.2) is 0 Å². The molecule has 2 aliphatic carbocycles. The summed E-state index contributed by atoms with van der Waals surface area (Å²) in [6, 6.07) is 0.832. The maximum Gasteiger partial charge on any atom is 0.0118 e. The van der Waals surface area contributed by atoms with Gasteiger partial charge in [-0.2, -0.15) is 0 Å². The third kappa shape index (κ3) is 3.03. The predicted molar refractivity (Wildman–Crippen MR) is 74.0 cm³/mol. The summed E-state index contributed by atoms with van der Waals surface area (Å²) in [4.78, 5) is 2.62. The number of nitrogens with zero attached hydrogens (tertiary/aromatic N) is 1. The van der Waals surface area contributed by atoms with Gasteiger partial charge in [0.25, 0.3) is 0 Å². The van der Waals surface area contributed by atoms with Crippen LogP contribution in [0, 0.1) is 11.3 Å². The smallest absolute Gasteiger partial charge is 0.0118 e. The number of rotatable bonds is 5. The van der Waals surface area contributed by atoms with Crippen molar-refractivity contribution in [2.24, 2.45) is 17.1 Å². The van der Waals surface area contributed by atoms with Gasteiger partial charge in [0.15, 0.2) is 0 Å². The highest BCUT2D eigenvalue weighted by Gasteiger charge is 2.36. The first-order chi connectivity index (χ1) is 8.17. The molecule has 0 aromatic rings. The molecule has 0 spiro atoms. The van der Waals surface area contributed by atoms with Crippen LogP contribution in [0.2, 0.25) is 0 Å². The van der Waals surface area contributed by atoms with Crippen LogP contribution >= 0.6 is 0 Å². The highest BCUT2D eigenvalue weighted by atomic mass is 15.1. The van der Waals surface area contributed by atoms with E-state index in [-0.39, 0.29) is 0 Å². The van der Waals surface area contributed by atoms with Crippen molar-refractivity contribution in [2.75, 3.05) is 20.1 Å². The molecule has 2 atom stereocenters. The Morgan fingerprint density at radius 1 is 1.18 bits per heavy atom. The summed E-state index contributed by atoms with van der Waals surface area (Å²) in [5, 5.41) is 0. The lowest BCUT2D eigenvalue weighted by atomic mass is 9.66. The van der Waals surface area contributed by atoms with Crippen LogP contribution in [0.5, 0.6) is 0 Å². The molecule has 0 saturated heterocycles. The molecule has 0 bridgehead atoms. The summed E-state index contributed by atoms with van der Waals surface area (Å²) >= 11 is 0.